The van der Waals surface area contributed by atoms with Gasteiger partial charge in [-0.3, -0.25) is 4.79 Å². The number of ether oxygens (including phenoxy) is 1. The van der Waals surface area contributed by atoms with E-state index in [1.54, 1.807) is 0 Å². The number of nitrogen functional groups attached to an aromatic ring is 1. The van der Waals surface area contributed by atoms with Gasteiger partial charge in [-0.15, -0.1) is 0 Å². The number of aliphatic hydroxyl groups is 1. The van der Waals surface area contributed by atoms with Gasteiger partial charge in [-0.25, -0.2) is 18.1 Å². The number of anilines is 1. The van der Waals surface area contributed by atoms with Gasteiger partial charge < -0.3 is 21.3 Å². The third-order valence-electron chi connectivity index (χ3n) is 8.36. The highest BCUT2D eigenvalue weighted by Gasteiger charge is 2.39. The molecule has 5 N–H and O–H groups in total. The molecule has 0 unspecified atom stereocenters. The second kappa shape index (κ2) is 17.4. The molecular formula is C36H50N4O6S. The summed E-state index contributed by atoms with van der Waals surface area (Å²) >= 11 is 0. The molecular weight excluding hydrogens is 616 g/mol. The van der Waals surface area contributed by atoms with E-state index in [0.717, 1.165) is 16.0 Å². The van der Waals surface area contributed by atoms with E-state index >= 15 is 0 Å². The minimum Gasteiger partial charge on any atom is -0.452 e. The van der Waals surface area contributed by atoms with E-state index in [0.29, 0.717) is 24.9 Å². The van der Waals surface area contributed by atoms with Crippen LogP contribution in [0.15, 0.2) is 89.8 Å². The SMILES string of the molecule is COC(=O)N(C(=O)[C@@H](N)C(c1ccccc1)c1ccccc1)[C@H](CCC[C@@H](CO)N(CC(C)C)S(=O)(=O)c1ccc(N)cc1)C(C)C. The first-order chi connectivity index (χ1) is 22.3. The summed E-state index contributed by atoms with van der Waals surface area (Å²) in [7, 11) is -2.72. The molecule has 0 aliphatic rings. The number of imide groups is 1. The number of rotatable bonds is 16. The van der Waals surface area contributed by atoms with E-state index in [1.807, 2.05) is 88.4 Å². The summed E-state index contributed by atoms with van der Waals surface area (Å²) in [5.74, 6) is -1.27. The van der Waals surface area contributed by atoms with Crippen LogP contribution < -0.4 is 11.5 Å². The number of carbonyl (C=O) groups excluding carboxylic acids is 2. The van der Waals surface area contributed by atoms with Crippen LogP contribution in [-0.2, 0) is 19.6 Å². The molecule has 0 saturated carbocycles. The van der Waals surface area contributed by atoms with E-state index < -0.39 is 52.7 Å². The van der Waals surface area contributed by atoms with Crippen molar-refractivity contribution in [2.75, 3.05) is 26.0 Å². The maximum absolute atomic E-state index is 14.2. The van der Waals surface area contributed by atoms with E-state index in [-0.39, 0.29) is 23.3 Å². The number of nitrogens with two attached hydrogens (primary N) is 2. The van der Waals surface area contributed by atoms with Crippen LogP contribution >= 0.6 is 0 Å². The maximum Gasteiger partial charge on any atom is 0.416 e. The zero-order valence-corrected chi connectivity index (χ0v) is 28.8. The zero-order chi connectivity index (χ0) is 34.7. The maximum atomic E-state index is 14.2. The Morgan fingerprint density at radius 3 is 1.83 bits per heavy atom. The molecule has 256 valence electrons. The molecule has 0 bridgehead atoms. The predicted molar refractivity (Wildman–Crippen MR) is 185 cm³/mol. The summed E-state index contributed by atoms with van der Waals surface area (Å²) in [6, 6.07) is 22.5. The van der Waals surface area contributed by atoms with E-state index in [4.69, 9.17) is 16.2 Å². The lowest BCUT2D eigenvalue weighted by molar-refractivity contribution is -0.134. The van der Waals surface area contributed by atoms with Crippen molar-refractivity contribution in [3.8, 4) is 0 Å². The van der Waals surface area contributed by atoms with Crippen molar-refractivity contribution in [3.05, 3.63) is 96.1 Å². The van der Waals surface area contributed by atoms with Gasteiger partial charge >= 0.3 is 6.09 Å². The van der Waals surface area contributed by atoms with Crippen LogP contribution in [0.2, 0.25) is 0 Å². The first kappa shape index (κ1) is 37.7. The molecule has 3 rings (SSSR count). The second-order valence-corrected chi connectivity index (χ2v) is 14.5. The average Bonchev–Trinajstić information content (AvgIpc) is 3.06. The molecule has 2 amide bonds. The number of benzene rings is 3. The fraction of sp³-hybridized carbons (Fsp3) is 0.444. The molecule has 0 aliphatic heterocycles. The van der Waals surface area contributed by atoms with Crippen molar-refractivity contribution < 1.29 is 27.9 Å². The Morgan fingerprint density at radius 2 is 1.38 bits per heavy atom. The minimum absolute atomic E-state index is 0.00730. The van der Waals surface area contributed by atoms with Crippen LogP contribution in [-0.4, -0.2) is 73.1 Å². The summed E-state index contributed by atoms with van der Waals surface area (Å²) < 4.78 is 33.9. The fourth-order valence-electron chi connectivity index (χ4n) is 5.95. The van der Waals surface area contributed by atoms with E-state index in [2.05, 4.69) is 0 Å². The Kier molecular flexibility index (Phi) is 14.0. The van der Waals surface area contributed by atoms with Crippen LogP contribution in [0.4, 0.5) is 10.5 Å². The van der Waals surface area contributed by atoms with Crippen molar-refractivity contribution in [2.45, 2.75) is 75.9 Å². The Balaban J connectivity index is 1.89. The molecule has 0 fully saturated rings. The molecule has 3 atom stereocenters. The van der Waals surface area contributed by atoms with Gasteiger partial charge in [-0.2, -0.15) is 4.31 Å². The van der Waals surface area contributed by atoms with E-state index in [1.165, 1.54) is 35.7 Å². The van der Waals surface area contributed by atoms with Gasteiger partial charge in [0.05, 0.1) is 24.7 Å². The molecule has 47 heavy (non-hydrogen) atoms. The molecule has 0 aromatic heterocycles. The van der Waals surface area contributed by atoms with Gasteiger partial charge in [-0.1, -0.05) is 88.4 Å². The lowest BCUT2D eigenvalue weighted by Crippen LogP contribution is -2.55. The van der Waals surface area contributed by atoms with Crippen LogP contribution in [0.1, 0.15) is 64.0 Å². The van der Waals surface area contributed by atoms with Gasteiger partial charge in [0.25, 0.3) is 0 Å². The van der Waals surface area contributed by atoms with Crippen LogP contribution in [0.3, 0.4) is 0 Å². The lowest BCUT2D eigenvalue weighted by atomic mass is 9.84. The molecule has 0 radical (unpaired) electrons. The van der Waals surface area contributed by atoms with Gasteiger partial charge in [0.1, 0.15) is 0 Å². The number of hydrogen-bond acceptors (Lipinski definition) is 8. The molecule has 3 aromatic carbocycles. The molecule has 11 heteroatoms. The van der Waals surface area contributed by atoms with E-state index in [9.17, 15) is 23.1 Å². The quantitative estimate of drug-likeness (QED) is 0.176. The fourth-order valence-corrected chi connectivity index (χ4v) is 7.76. The number of amides is 2. The van der Waals surface area contributed by atoms with Gasteiger partial charge in [0, 0.05) is 30.2 Å². The average molecular weight is 667 g/mol. The number of aliphatic hydroxyl groups excluding tert-OH is 1. The summed E-state index contributed by atoms with van der Waals surface area (Å²) in [5, 5.41) is 10.4. The minimum atomic E-state index is -3.95. The molecule has 0 heterocycles. The van der Waals surface area contributed by atoms with Crippen molar-refractivity contribution in [1.29, 1.82) is 0 Å². The number of hydrogen-bond donors (Lipinski definition) is 3. The number of carbonyl (C=O) groups is 2. The second-order valence-electron chi connectivity index (χ2n) is 12.6. The van der Waals surface area contributed by atoms with Gasteiger partial charge in [0.2, 0.25) is 15.9 Å². The van der Waals surface area contributed by atoms with Crippen LogP contribution in [0, 0.1) is 11.8 Å². The van der Waals surface area contributed by atoms with Gasteiger partial charge in [-0.05, 0) is 66.5 Å². The topological polar surface area (TPSA) is 156 Å². The molecule has 0 aliphatic carbocycles. The van der Waals surface area contributed by atoms with Crippen LogP contribution in [0.5, 0.6) is 0 Å². The Morgan fingerprint density at radius 1 is 0.851 bits per heavy atom. The van der Waals surface area contributed by atoms with Gasteiger partial charge in [0.15, 0.2) is 0 Å². The number of nitrogens with zero attached hydrogens (tertiary/aromatic N) is 2. The lowest BCUT2D eigenvalue weighted by Gasteiger charge is -2.36. The smallest absolute Gasteiger partial charge is 0.416 e. The zero-order valence-electron chi connectivity index (χ0n) is 28.0. The summed E-state index contributed by atoms with van der Waals surface area (Å²) in [6.07, 6.45) is 0.249. The van der Waals surface area contributed by atoms with Crippen molar-refractivity contribution >= 4 is 27.7 Å². The van der Waals surface area contributed by atoms with Crippen molar-refractivity contribution in [1.82, 2.24) is 9.21 Å². The monoisotopic (exact) mass is 666 g/mol. The third kappa shape index (κ3) is 9.63. The highest BCUT2D eigenvalue weighted by Crippen LogP contribution is 2.31. The molecule has 3 aromatic rings. The first-order valence-electron chi connectivity index (χ1n) is 16.1. The normalized spacial score (nSPS) is 13.9. The molecule has 10 nitrogen and oxygen atoms in total. The summed E-state index contributed by atoms with van der Waals surface area (Å²) in [5.41, 5.74) is 14.6. The highest BCUT2D eigenvalue weighted by atomic mass is 32.2. The summed E-state index contributed by atoms with van der Waals surface area (Å²) in [6.45, 7) is 7.45. The highest BCUT2D eigenvalue weighted by molar-refractivity contribution is 7.89. The number of methoxy groups -OCH3 is 1. The first-order valence-corrected chi connectivity index (χ1v) is 17.5. The van der Waals surface area contributed by atoms with Crippen molar-refractivity contribution in [3.63, 3.8) is 0 Å². The molecule has 0 saturated heterocycles. The summed E-state index contributed by atoms with van der Waals surface area (Å²) in [4.78, 5) is 28.7. The Labute approximate surface area is 279 Å². The predicted octanol–water partition coefficient (Wildman–Crippen LogP) is 5.23. The van der Waals surface area contributed by atoms with Crippen molar-refractivity contribution in [2.24, 2.45) is 17.6 Å². The Bertz CT molecular complexity index is 1480. The third-order valence-corrected chi connectivity index (χ3v) is 10.3. The number of sulfonamides is 1. The standard InChI is InChI=1S/C36H50N4O6S/c1-25(2)23-39(47(44,45)31-21-19-29(37)20-22-31)30(24-41)17-12-18-32(26(3)4)40(36(43)46-5)35(42)34(38)33(27-13-8-6-9-14-27)28-15-10-7-11-16-28/h6-11,13-16,19-22,25-26,30,32-34,41H,12,17-18,23-24,37-38H2,1-5H3/t30-,32+,34-/m0/s1. The molecule has 0 spiro atoms. The largest absolute Gasteiger partial charge is 0.452 e. The Hall–Kier alpha value is -3.77. The van der Waals surface area contributed by atoms with Crippen LogP contribution in [0.25, 0.3) is 0 Å².